The van der Waals surface area contributed by atoms with Gasteiger partial charge in [-0.1, -0.05) is 12.1 Å². The maximum absolute atomic E-state index is 12.3. The third-order valence-electron chi connectivity index (χ3n) is 6.21. The van der Waals surface area contributed by atoms with E-state index in [-0.39, 0.29) is 30.7 Å². The van der Waals surface area contributed by atoms with E-state index in [0.29, 0.717) is 30.0 Å². The monoisotopic (exact) mass is 535 g/mol. The fourth-order valence-electron chi connectivity index (χ4n) is 4.42. The Bertz CT molecular complexity index is 1270. The predicted molar refractivity (Wildman–Crippen MR) is 128 cm³/mol. The minimum atomic E-state index is -4.77. The van der Waals surface area contributed by atoms with Crippen LogP contribution >= 0.6 is 0 Å². The van der Waals surface area contributed by atoms with E-state index in [1.165, 1.54) is 16.9 Å². The first-order valence-electron chi connectivity index (χ1n) is 12.1. The summed E-state index contributed by atoms with van der Waals surface area (Å²) in [4.78, 5) is 26.1. The third kappa shape index (κ3) is 6.94. The molecule has 0 radical (unpaired) electrons. The summed E-state index contributed by atoms with van der Waals surface area (Å²) in [5.41, 5.74) is 3.50. The third-order valence-corrected chi connectivity index (χ3v) is 6.21. The lowest BCUT2D eigenvalue weighted by Crippen LogP contribution is -2.37. The van der Waals surface area contributed by atoms with Crippen molar-refractivity contribution in [3.8, 4) is 17.4 Å². The Morgan fingerprint density at radius 2 is 2.03 bits per heavy atom. The van der Waals surface area contributed by atoms with Crippen LogP contribution in [-0.2, 0) is 36.2 Å². The van der Waals surface area contributed by atoms with Crippen LogP contribution < -0.4 is 9.64 Å². The molecule has 1 saturated heterocycles. The van der Waals surface area contributed by atoms with E-state index in [0.717, 1.165) is 30.8 Å². The molecule has 4 rings (SSSR count). The molecule has 14 heteroatoms. The van der Waals surface area contributed by atoms with Crippen molar-refractivity contribution in [1.29, 1.82) is 0 Å². The van der Waals surface area contributed by atoms with Gasteiger partial charge in [-0.25, -0.2) is 14.6 Å². The first-order chi connectivity index (χ1) is 18.1. The van der Waals surface area contributed by atoms with E-state index >= 15 is 0 Å². The van der Waals surface area contributed by atoms with E-state index in [9.17, 15) is 23.1 Å². The first kappa shape index (κ1) is 27.2. The van der Waals surface area contributed by atoms with Gasteiger partial charge < -0.3 is 14.7 Å². The van der Waals surface area contributed by atoms with Gasteiger partial charge >= 0.3 is 18.3 Å². The Morgan fingerprint density at radius 3 is 2.76 bits per heavy atom. The van der Waals surface area contributed by atoms with E-state index in [4.69, 9.17) is 9.72 Å². The van der Waals surface area contributed by atoms with Crippen LogP contribution in [0.3, 0.4) is 0 Å². The molecule has 1 atom stereocenters. The van der Waals surface area contributed by atoms with Crippen molar-refractivity contribution in [2.24, 2.45) is 13.0 Å². The van der Waals surface area contributed by atoms with Crippen molar-refractivity contribution in [2.45, 2.75) is 52.2 Å². The Labute approximate surface area is 216 Å². The Hall–Kier alpha value is -3.81. The van der Waals surface area contributed by atoms with Crippen molar-refractivity contribution >= 4 is 11.7 Å². The van der Waals surface area contributed by atoms with E-state index in [1.54, 1.807) is 7.05 Å². The molecule has 204 valence electrons. The molecule has 0 unspecified atom stereocenters. The van der Waals surface area contributed by atoms with Crippen LogP contribution in [0.5, 0.6) is 6.01 Å². The zero-order chi connectivity index (χ0) is 27.3. The van der Waals surface area contributed by atoms with E-state index < -0.39 is 18.9 Å². The maximum Gasteiger partial charge on any atom is 0.522 e. The number of aryl methyl sites for hydroxylation is 2. The molecule has 0 aliphatic carbocycles. The van der Waals surface area contributed by atoms with Crippen molar-refractivity contribution in [3.05, 3.63) is 41.5 Å². The SMILES string of the molecule is CCc1nc(-c2nnn(C)c2COc2nccc(COC(F)(F)F)n2)ccc1N1CCC[C@H](CC(=O)O)C1. The summed E-state index contributed by atoms with van der Waals surface area (Å²) < 4.78 is 48.0. The van der Waals surface area contributed by atoms with Crippen LogP contribution in [-0.4, -0.2) is 60.5 Å². The number of hydrogen-bond donors (Lipinski definition) is 1. The number of piperidine rings is 1. The molecule has 1 N–H and O–H groups in total. The average Bonchev–Trinajstić information content (AvgIpc) is 3.25. The molecule has 0 aromatic carbocycles. The van der Waals surface area contributed by atoms with Crippen LogP contribution in [0, 0.1) is 5.92 Å². The topological polar surface area (TPSA) is 128 Å². The van der Waals surface area contributed by atoms with E-state index in [1.807, 2.05) is 19.1 Å². The largest absolute Gasteiger partial charge is 0.522 e. The number of carboxylic acid groups (broad SMARTS) is 1. The van der Waals surface area contributed by atoms with Gasteiger partial charge in [-0.15, -0.1) is 18.3 Å². The fraction of sp³-hybridized carbons (Fsp3) is 0.500. The molecule has 3 aromatic rings. The number of rotatable bonds is 10. The standard InChI is InChI=1S/C24H28F3N7O4/c1-3-17-19(34-10-4-5-15(12-34)11-21(35)36)7-6-18(30-17)22-20(33(2)32-31-22)14-37-23-28-9-8-16(29-23)13-38-24(25,26)27/h6-9,15H,3-5,10-14H2,1-2H3,(H,35,36)/t15-/m1/s1. The molecule has 0 amide bonds. The Morgan fingerprint density at radius 1 is 1.21 bits per heavy atom. The number of hydrogen-bond acceptors (Lipinski definition) is 9. The lowest BCUT2D eigenvalue weighted by Gasteiger charge is -2.34. The second-order valence-corrected chi connectivity index (χ2v) is 8.93. The minimum Gasteiger partial charge on any atom is -0.481 e. The average molecular weight is 536 g/mol. The van der Waals surface area contributed by atoms with Crippen molar-refractivity contribution < 1.29 is 32.5 Å². The number of carboxylic acids is 1. The van der Waals surface area contributed by atoms with Gasteiger partial charge in [0.25, 0.3) is 0 Å². The molecule has 1 aliphatic rings. The smallest absolute Gasteiger partial charge is 0.481 e. The summed E-state index contributed by atoms with van der Waals surface area (Å²) in [6, 6.07) is 5.00. The fourth-order valence-corrected chi connectivity index (χ4v) is 4.42. The van der Waals surface area contributed by atoms with Gasteiger partial charge in [-0.05, 0) is 43.4 Å². The molecule has 0 bridgehead atoms. The van der Waals surface area contributed by atoms with Gasteiger partial charge in [0.15, 0.2) is 0 Å². The quantitative estimate of drug-likeness (QED) is 0.412. The molecular formula is C24H28F3N7O4. The van der Waals surface area contributed by atoms with Gasteiger partial charge in [0.1, 0.15) is 18.0 Å². The number of carbonyl (C=O) groups is 1. The predicted octanol–water partition coefficient (Wildman–Crippen LogP) is 3.54. The maximum atomic E-state index is 12.3. The van der Waals surface area contributed by atoms with Gasteiger partial charge in [0.05, 0.1) is 29.4 Å². The molecule has 38 heavy (non-hydrogen) atoms. The summed E-state index contributed by atoms with van der Waals surface area (Å²) in [7, 11) is 1.69. The molecule has 0 spiro atoms. The highest BCUT2D eigenvalue weighted by molar-refractivity contribution is 5.67. The van der Waals surface area contributed by atoms with Crippen molar-refractivity contribution in [2.75, 3.05) is 18.0 Å². The van der Waals surface area contributed by atoms with Gasteiger partial charge in [0.2, 0.25) is 0 Å². The Kier molecular flexibility index (Phi) is 8.39. The number of halogens is 3. The zero-order valence-electron chi connectivity index (χ0n) is 21.0. The lowest BCUT2D eigenvalue weighted by molar-refractivity contribution is -0.330. The number of aliphatic carboxylic acids is 1. The second-order valence-electron chi connectivity index (χ2n) is 8.93. The highest BCUT2D eigenvalue weighted by Gasteiger charge is 2.29. The van der Waals surface area contributed by atoms with Crippen LogP contribution in [0.15, 0.2) is 24.4 Å². The summed E-state index contributed by atoms with van der Waals surface area (Å²) in [5, 5.41) is 17.5. The normalized spacial score (nSPS) is 16.0. The number of nitrogens with zero attached hydrogens (tertiary/aromatic N) is 7. The van der Waals surface area contributed by atoms with Crippen molar-refractivity contribution in [3.63, 3.8) is 0 Å². The molecule has 1 fully saturated rings. The number of pyridine rings is 1. The van der Waals surface area contributed by atoms with Crippen molar-refractivity contribution in [1.82, 2.24) is 29.9 Å². The van der Waals surface area contributed by atoms with Crippen LogP contribution in [0.1, 0.15) is 43.3 Å². The molecule has 0 saturated carbocycles. The highest BCUT2D eigenvalue weighted by Crippen LogP contribution is 2.30. The number of aromatic nitrogens is 6. The molecule has 1 aliphatic heterocycles. The summed E-state index contributed by atoms with van der Waals surface area (Å²) >= 11 is 0. The molecule has 4 heterocycles. The summed E-state index contributed by atoms with van der Waals surface area (Å²) in [5.74, 6) is -0.694. The minimum absolute atomic E-state index is 0.0174. The number of alkyl halides is 3. The molecular weight excluding hydrogens is 507 g/mol. The van der Waals surface area contributed by atoms with Crippen LogP contribution in [0.25, 0.3) is 11.4 Å². The number of anilines is 1. The lowest BCUT2D eigenvalue weighted by atomic mass is 9.94. The van der Waals surface area contributed by atoms with Crippen LogP contribution in [0.4, 0.5) is 18.9 Å². The second kappa shape index (κ2) is 11.7. The van der Waals surface area contributed by atoms with Gasteiger partial charge in [0, 0.05) is 32.8 Å². The summed E-state index contributed by atoms with van der Waals surface area (Å²) in [6.07, 6.45) is -0.865. The van der Waals surface area contributed by atoms with Gasteiger partial charge in [-0.2, -0.15) is 4.98 Å². The molecule has 11 nitrogen and oxygen atoms in total. The number of ether oxygens (including phenoxy) is 2. The zero-order valence-corrected chi connectivity index (χ0v) is 21.0. The van der Waals surface area contributed by atoms with Gasteiger partial charge in [-0.3, -0.25) is 9.53 Å². The Balaban J connectivity index is 1.50. The summed E-state index contributed by atoms with van der Waals surface area (Å²) in [6.45, 7) is 2.70. The first-order valence-corrected chi connectivity index (χ1v) is 12.1. The molecule has 3 aromatic heterocycles. The highest BCUT2D eigenvalue weighted by atomic mass is 19.4. The van der Waals surface area contributed by atoms with E-state index in [2.05, 4.69) is 29.9 Å². The van der Waals surface area contributed by atoms with Crippen LogP contribution in [0.2, 0.25) is 0 Å².